The minimum Gasteiger partial charge on any atom is -0.373 e. The van der Waals surface area contributed by atoms with Crippen molar-refractivity contribution in [2.75, 3.05) is 25.0 Å². The molecule has 1 N–H and O–H groups in total. The molecule has 0 aliphatic heterocycles. The molecule has 1 atom stereocenters. The second-order valence-electron chi connectivity index (χ2n) is 5.31. The number of nitrogens with one attached hydrogen (secondary N) is 1. The van der Waals surface area contributed by atoms with Crippen LogP contribution in [0, 0.1) is 5.92 Å². The Balaban J connectivity index is 2.08. The molecule has 1 fully saturated rings. The van der Waals surface area contributed by atoms with Gasteiger partial charge in [-0.2, -0.15) is 0 Å². The van der Waals surface area contributed by atoms with Gasteiger partial charge in [0, 0.05) is 19.6 Å². The van der Waals surface area contributed by atoms with Crippen molar-refractivity contribution in [3.63, 3.8) is 0 Å². The summed E-state index contributed by atoms with van der Waals surface area (Å²) in [6, 6.07) is 6.77. The highest BCUT2D eigenvalue weighted by Crippen LogP contribution is 2.34. The lowest BCUT2D eigenvalue weighted by atomic mass is 10.1. The van der Waals surface area contributed by atoms with E-state index in [9.17, 15) is 0 Å². The molecule has 1 saturated carbocycles. The maximum Gasteiger partial charge on any atom is 0.0642 e. The van der Waals surface area contributed by atoms with Gasteiger partial charge < -0.3 is 10.2 Å². The Hall–Kier alpha value is -0.730. The average molecular weight is 267 g/mol. The van der Waals surface area contributed by atoms with Gasteiger partial charge >= 0.3 is 0 Å². The van der Waals surface area contributed by atoms with E-state index >= 15 is 0 Å². The van der Waals surface area contributed by atoms with Gasteiger partial charge in [0.05, 0.1) is 10.7 Å². The predicted octanol–water partition coefficient (Wildman–Crippen LogP) is 3.86. The molecule has 0 heterocycles. The zero-order chi connectivity index (χ0) is 13.1. The molecule has 0 radical (unpaired) electrons. The summed E-state index contributed by atoms with van der Waals surface area (Å²) in [5, 5.41) is 4.27. The molecule has 3 heteroatoms. The third-order valence-corrected chi connectivity index (χ3v) is 3.93. The van der Waals surface area contributed by atoms with E-state index in [2.05, 4.69) is 49.3 Å². The fourth-order valence-corrected chi connectivity index (χ4v) is 2.65. The zero-order valence-electron chi connectivity index (χ0n) is 11.5. The first kappa shape index (κ1) is 13.7. The van der Waals surface area contributed by atoms with Crippen LogP contribution >= 0.6 is 11.6 Å². The topological polar surface area (TPSA) is 15.3 Å². The molecule has 0 spiro atoms. The quantitative estimate of drug-likeness (QED) is 0.841. The Bertz CT molecular complexity index is 401. The molecule has 1 aromatic carbocycles. The van der Waals surface area contributed by atoms with Gasteiger partial charge in [0.15, 0.2) is 0 Å². The summed E-state index contributed by atoms with van der Waals surface area (Å²) in [5.74, 6) is 0.881. The molecule has 0 amide bonds. The monoisotopic (exact) mass is 266 g/mol. The lowest BCUT2D eigenvalue weighted by Gasteiger charge is -2.22. The molecule has 0 aromatic heterocycles. The number of rotatable bonds is 6. The summed E-state index contributed by atoms with van der Waals surface area (Å²) in [4.78, 5) is 2.28. The molecular weight excluding hydrogens is 244 g/mol. The largest absolute Gasteiger partial charge is 0.373 e. The fraction of sp³-hybridized carbons (Fsp3) is 0.600. The molecule has 0 bridgehead atoms. The first-order valence-corrected chi connectivity index (χ1v) is 7.23. The van der Waals surface area contributed by atoms with Crippen molar-refractivity contribution in [2.24, 2.45) is 5.92 Å². The SMILES string of the molecule is CCNC(C)c1ccc(N(C)CC2CC2)c(Cl)c1. The molecular formula is C15H23ClN2. The van der Waals surface area contributed by atoms with Crippen molar-refractivity contribution in [3.05, 3.63) is 28.8 Å². The summed E-state index contributed by atoms with van der Waals surface area (Å²) in [7, 11) is 2.13. The van der Waals surface area contributed by atoms with Crippen molar-refractivity contribution >= 4 is 17.3 Å². The Morgan fingerprint density at radius 1 is 1.44 bits per heavy atom. The second-order valence-corrected chi connectivity index (χ2v) is 5.72. The van der Waals surface area contributed by atoms with E-state index in [-0.39, 0.29) is 0 Å². The average Bonchev–Trinajstić information content (AvgIpc) is 3.12. The number of nitrogens with zero attached hydrogens (tertiary/aromatic N) is 1. The van der Waals surface area contributed by atoms with Gasteiger partial charge in [-0.15, -0.1) is 0 Å². The van der Waals surface area contributed by atoms with Gasteiger partial charge in [0.1, 0.15) is 0 Å². The maximum absolute atomic E-state index is 6.40. The van der Waals surface area contributed by atoms with E-state index in [1.807, 2.05) is 0 Å². The summed E-state index contributed by atoms with van der Waals surface area (Å²) < 4.78 is 0. The van der Waals surface area contributed by atoms with Crippen LogP contribution in [0.5, 0.6) is 0 Å². The standard InChI is InChI=1S/C15H23ClN2/c1-4-17-11(2)13-7-8-15(14(16)9-13)18(3)10-12-5-6-12/h7-9,11-12,17H,4-6,10H2,1-3H3. The highest BCUT2D eigenvalue weighted by molar-refractivity contribution is 6.33. The Kier molecular flexibility index (Phi) is 4.52. The van der Waals surface area contributed by atoms with Crippen LogP contribution in [0.2, 0.25) is 5.02 Å². The smallest absolute Gasteiger partial charge is 0.0642 e. The molecule has 2 nitrogen and oxygen atoms in total. The first-order chi connectivity index (χ1) is 8.61. The van der Waals surface area contributed by atoms with Crippen molar-refractivity contribution in [2.45, 2.75) is 32.7 Å². The number of hydrogen-bond donors (Lipinski definition) is 1. The summed E-state index contributed by atoms with van der Waals surface area (Å²) in [5.41, 5.74) is 2.40. The van der Waals surface area contributed by atoms with Gasteiger partial charge in [-0.25, -0.2) is 0 Å². The number of anilines is 1. The number of halogens is 1. The van der Waals surface area contributed by atoms with Gasteiger partial charge in [-0.05, 0) is 49.9 Å². The molecule has 1 unspecified atom stereocenters. The van der Waals surface area contributed by atoms with Crippen molar-refractivity contribution < 1.29 is 0 Å². The van der Waals surface area contributed by atoms with Crippen LogP contribution in [0.1, 0.15) is 38.3 Å². The minimum atomic E-state index is 0.357. The van der Waals surface area contributed by atoms with Crippen molar-refractivity contribution in [1.29, 1.82) is 0 Å². The van der Waals surface area contributed by atoms with Crippen LogP contribution in [0.15, 0.2) is 18.2 Å². The van der Waals surface area contributed by atoms with Crippen molar-refractivity contribution in [3.8, 4) is 0 Å². The van der Waals surface area contributed by atoms with Crippen LogP contribution in [0.4, 0.5) is 5.69 Å². The minimum absolute atomic E-state index is 0.357. The Morgan fingerprint density at radius 3 is 2.72 bits per heavy atom. The lowest BCUT2D eigenvalue weighted by molar-refractivity contribution is 0.598. The zero-order valence-corrected chi connectivity index (χ0v) is 12.3. The normalized spacial score (nSPS) is 16.7. The van der Waals surface area contributed by atoms with E-state index in [0.717, 1.165) is 29.7 Å². The summed E-state index contributed by atoms with van der Waals surface area (Å²) in [6.45, 7) is 6.39. The molecule has 100 valence electrons. The van der Waals surface area contributed by atoms with E-state index in [4.69, 9.17) is 11.6 Å². The van der Waals surface area contributed by atoms with Crippen LogP contribution in [-0.2, 0) is 0 Å². The number of benzene rings is 1. The van der Waals surface area contributed by atoms with Gasteiger partial charge in [-0.3, -0.25) is 0 Å². The second kappa shape index (κ2) is 5.94. The fourth-order valence-electron chi connectivity index (χ4n) is 2.31. The molecule has 18 heavy (non-hydrogen) atoms. The van der Waals surface area contributed by atoms with Gasteiger partial charge in [0.25, 0.3) is 0 Å². The number of hydrogen-bond acceptors (Lipinski definition) is 2. The first-order valence-electron chi connectivity index (χ1n) is 6.85. The van der Waals surface area contributed by atoms with E-state index in [1.54, 1.807) is 0 Å². The van der Waals surface area contributed by atoms with Crippen LogP contribution in [0.3, 0.4) is 0 Å². The molecule has 1 aromatic rings. The maximum atomic E-state index is 6.40. The Morgan fingerprint density at radius 2 is 2.17 bits per heavy atom. The van der Waals surface area contributed by atoms with Gasteiger partial charge in [0.2, 0.25) is 0 Å². The van der Waals surface area contributed by atoms with E-state index in [0.29, 0.717) is 6.04 Å². The highest BCUT2D eigenvalue weighted by atomic mass is 35.5. The Labute approximate surface area is 115 Å². The van der Waals surface area contributed by atoms with E-state index < -0.39 is 0 Å². The van der Waals surface area contributed by atoms with E-state index in [1.165, 1.54) is 18.4 Å². The molecule has 1 aliphatic carbocycles. The predicted molar refractivity (Wildman–Crippen MR) is 79.5 cm³/mol. The lowest BCUT2D eigenvalue weighted by Crippen LogP contribution is -2.21. The molecule has 2 rings (SSSR count). The molecule has 0 saturated heterocycles. The van der Waals surface area contributed by atoms with Crippen LogP contribution in [-0.4, -0.2) is 20.1 Å². The van der Waals surface area contributed by atoms with Crippen LogP contribution in [0.25, 0.3) is 0 Å². The van der Waals surface area contributed by atoms with Crippen molar-refractivity contribution in [1.82, 2.24) is 5.32 Å². The summed E-state index contributed by atoms with van der Waals surface area (Å²) in [6.07, 6.45) is 2.75. The van der Waals surface area contributed by atoms with Crippen LogP contribution < -0.4 is 10.2 Å². The van der Waals surface area contributed by atoms with Gasteiger partial charge in [-0.1, -0.05) is 24.6 Å². The highest BCUT2D eigenvalue weighted by Gasteiger charge is 2.23. The summed E-state index contributed by atoms with van der Waals surface area (Å²) >= 11 is 6.40. The third-order valence-electron chi connectivity index (χ3n) is 3.62. The molecule has 1 aliphatic rings. The third kappa shape index (κ3) is 3.39.